The van der Waals surface area contributed by atoms with Crippen LogP contribution in [0.2, 0.25) is 0 Å². The molecule has 2 rings (SSSR count). The second kappa shape index (κ2) is 5.50. The third kappa shape index (κ3) is 2.78. The summed E-state index contributed by atoms with van der Waals surface area (Å²) in [5.74, 6) is 0. The lowest BCUT2D eigenvalue weighted by atomic mass is 10.1. The number of hydrogen-bond acceptors (Lipinski definition) is 1. The monoisotopic (exact) mass is 292 g/mol. The SMILES string of the molecule is C=C(CC)CCCn1ccc2c(Br)ccnc21. The molecule has 0 bridgehead atoms. The van der Waals surface area contributed by atoms with Crippen molar-refractivity contribution in [2.24, 2.45) is 0 Å². The van der Waals surface area contributed by atoms with E-state index in [2.05, 4.69) is 51.2 Å². The highest BCUT2D eigenvalue weighted by atomic mass is 79.9. The maximum Gasteiger partial charge on any atom is 0.140 e. The van der Waals surface area contributed by atoms with Crippen LogP contribution in [0.25, 0.3) is 11.0 Å². The predicted octanol–water partition coefficient (Wildman–Crippen LogP) is 4.55. The van der Waals surface area contributed by atoms with Gasteiger partial charge in [0.1, 0.15) is 5.65 Å². The molecule has 2 nitrogen and oxygen atoms in total. The highest BCUT2D eigenvalue weighted by Crippen LogP contribution is 2.23. The van der Waals surface area contributed by atoms with Crippen LogP contribution in [0.1, 0.15) is 26.2 Å². The van der Waals surface area contributed by atoms with E-state index >= 15 is 0 Å². The highest BCUT2D eigenvalue weighted by Gasteiger charge is 2.04. The number of nitrogens with zero attached hydrogens (tertiary/aromatic N) is 2. The van der Waals surface area contributed by atoms with Crippen molar-refractivity contribution in [1.29, 1.82) is 0 Å². The standard InChI is InChI=1S/C14H17BrN2/c1-3-11(2)5-4-9-17-10-7-12-13(15)6-8-16-14(12)17/h6-8,10H,2-5,9H2,1H3. The molecule has 0 spiro atoms. The zero-order valence-corrected chi connectivity index (χ0v) is 11.7. The zero-order chi connectivity index (χ0) is 12.3. The lowest BCUT2D eigenvalue weighted by Gasteiger charge is -2.05. The molecule has 0 saturated heterocycles. The van der Waals surface area contributed by atoms with Crippen molar-refractivity contribution >= 4 is 27.0 Å². The fraction of sp³-hybridized carbons (Fsp3) is 0.357. The maximum absolute atomic E-state index is 4.43. The van der Waals surface area contributed by atoms with Crippen LogP contribution in [0.4, 0.5) is 0 Å². The van der Waals surface area contributed by atoms with Crippen molar-refractivity contribution in [3.63, 3.8) is 0 Å². The van der Waals surface area contributed by atoms with Gasteiger partial charge in [-0.3, -0.25) is 0 Å². The summed E-state index contributed by atoms with van der Waals surface area (Å²) in [6.45, 7) is 7.20. The first kappa shape index (κ1) is 12.4. The van der Waals surface area contributed by atoms with Crippen molar-refractivity contribution in [2.45, 2.75) is 32.7 Å². The topological polar surface area (TPSA) is 17.8 Å². The molecule has 0 atom stereocenters. The summed E-state index contributed by atoms with van der Waals surface area (Å²) in [5.41, 5.74) is 2.39. The van der Waals surface area contributed by atoms with E-state index in [0.717, 1.165) is 35.9 Å². The first-order valence-electron chi connectivity index (χ1n) is 5.98. The van der Waals surface area contributed by atoms with Gasteiger partial charge in [0.25, 0.3) is 0 Å². The molecule has 3 heteroatoms. The average Bonchev–Trinajstić information content (AvgIpc) is 2.74. The van der Waals surface area contributed by atoms with Crippen LogP contribution in [-0.4, -0.2) is 9.55 Å². The van der Waals surface area contributed by atoms with E-state index in [1.54, 1.807) is 0 Å². The summed E-state index contributed by atoms with van der Waals surface area (Å²) in [6.07, 6.45) is 7.26. The Balaban J connectivity index is 2.09. The molecule has 0 aromatic carbocycles. The van der Waals surface area contributed by atoms with Crippen LogP contribution in [0.3, 0.4) is 0 Å². The molecule has 0 aliphatic heterocycles. The fourth-order valence-electron chi connectivity index (χ4n) is 1.91. The minimum Gasteiger partial charge on any atom is -0.332 e. The second-order valence-electron chi connectivity index (χ2n) is 4.25. The molecule has 2 aromatic heterocycles. The molecule has 0 unspecified atom stereocenters. The number of fused-ring (bicyclic) bond motifs is 1. The number of rotatable bonds is 5. The van der Waals surface area contributed by atoms with E-state index < -0.39 is 0 Å². The van der Waals surface area contributed by atoms with Gasteiger partial charge in [-0.15, -0.1) is 0 Å². The molecule has 0 amide bonds. The van der Waals surface area contributed by atoms with Gasteiger partial charge in [-0.1, -0.05) is 19.1 Å². The molecule has 0 N–H and O–H groups in total. The number of halogens is 1. The Labute approximate surface area is 110 Å². The van der Waals surface area contributed by atoms with Gasteiger partial charge in [0.15, 0.2) is 0 Å². The number of hydrogen-bond donors (Lipinski definition) is 0. The first-order valence-corrected chi connectivity index (χ1v) is 6.77. The molecule has 0 aliphatic carbocycles. The molecule has 0 radical (unpaired) electrons. The van der Waals surface area contributed by atoms with Crippen molar-refractivity contribution in [3.8, 4) is 0 Å². The molecule has 0 saturated carbocycles. The largest absolute Gasteiger partial charge is 0.332 e. The molecular weight excluding hydrogens is 276 g/mol. The van der Waals surface area contributed by atoms with Crippen molar-refractivity contribution in [1.82, 2.24) is 9.55 Å². The normalized spacial score (nSPS) is 10.9. The number of pyridine rings is 1. The Kier molecular flexibility index (Phi) is 4.00. The van der Waals surface area contributed by atoms with Crippen LogP contribution < -0.4 is 0 Å². The molecule has 2 aromatic rings. The summed E-state index contributed by atoms with van der Waals surface area (Å²) in [7, 11) is 0. The molecule has 0 fully saturated rings. The van der Waals surface area contributed by atoms with E-state index in [1.165, 1.54) is 11.0 Å². The summed E-state index contributed by atoms with van der Waals surface area (Å²) in [4.78, 5) is 4.43. The minimum atomic E-state index is 1.01. The van der Waals surface area contributed by atoms with E-state index in [9.17, 15) is 0 Å². The lowest BCUT2D eigenvalue weighted by molar-refractivity contribution is 0.649. The summed E-state index contributed by atoms with van der Waals surface area (Å²) in [6, 6.07) is 4.09. The van der Waals surface area contributed by atoms with Gasteiger partial charge < -0.3 is 4.57 Å². The van der Waals surface area contributed by atoms with E-state index in [-0.39, 0.29) is 0 Å². The van der Waals surface area contributed by atoms with Crippen LogP contribution in [0.5, 0.6) is 0 Å². The number of allylic oxidation sites excluding steroid dienone is 1. The quantitative estimate of drug-likeness (QED) is 0.740. The van der Waals surface area contributed by atoms with Crippen LogP contribution in [-0.2, 0) is 6.54 Å². The Hall–Kier alpha value is -1.09. The summed E-state index contributed by atoms with van der Waals surface area (Å²) < 4.78 is 3.32. The Bertz CT molecular complexity index is 528. The van der Waals surface area contributed by atoms with Gasteiger partial charge in [-0.25, -0.2) is 4.98 Å². The second-order valence-corrected chi connectivity index (χ2v) is 5.10. The molecule has 17 heavy (non-hydrogen) atoms. The van der Waals surface area contributed by atoms with Gasteiger partial charge in [0, 0.05) is 28.8 Å². The Morgan fingerprint density at radius 1 is 1.47 bits per heavy atom. The summed E-state index contributed by atoms with van der Waals surface area (Å²) >= 11 is 3.55. The third-order valence-electron chi connectivity index (χ3n) is 3.04. The fourth-order valence-corrected chi connectivity index (χ4v) is 2.34. The molecule has 2 heterocycles. The molecular formula is C14H17BrN2. The minimum absolute atomic E-state index is 1.01. The lowest BCUT2D eigenvalue weighted by Crippen LogP contribution is -1.97. The van der Waals surface area contributed by atoms with Crippen LogP contribution in [0.15, 0.2) is 41.2 Å². The summed E-state index contributed by atoms with van der Waals surface area (Å²) in [5, 5.41) is 1.18. The Morgan fingerprint density at radius 3 is 3.06 bits per heavy atom. The predicted molar refractivity (Wildman–Crippen MR) is 76.1 cm³/mol. The van der Waals surface area contributed by atoms with Gasteiger partial charge in [-0.2, -0.15) is 0 Å². The first-order chi connectivity index (χ1) is 8.22. The van der Waals surface area contributed by atoms with Crippen molar-refractivity contribution in [3.05, 3.63) is 41.2 Å². The van der Waals surface area contributed by atoms with Gasteiger partial charge >= 0.3 is 0 Å². The van der Waals surface area contributed by atoms with Gasteiger partial charge in [-0.05, 0) is 47.3 Å². The van der Waals surface area contributed by atoms with E-state index in [4.69, 9.17) is 0 Å². The molecule has 0 aliphatic rings. The zero-order valence-electron chi connectivity index (χ0n) is 10.1. The van der Waals surface area contributed by atoms with Crippen molar-refractivity contribution in [2.75, 3.05) is 0 Å². The molecule has 90 valence electrons. The van der Waals surface area contributed by atoms with Crippen LogP contribution >= 0.6 is 15.9 Å². The maximum atomic E-state index is 4.43. The smallest absolute Gasteiger partial charge is 0.140 e. The average molecular weight is 293 g/mol. The highest BCUT2D eigenvalue weighted by molar-refractivity contribution is 9.10. The van der Waals surface area contributed by atoms with E-state index in [0.29, 0.717) is 0 Å². The van der Waals surface area contributed by atoms with Crippen LogP contribution in [0, 0.1) is 0 Å². The number of aromatic nitrogens is 2. The van der Waals surface area contributed by atoms with Gasteiger partial charge in [0.05, 0.1) is 0 Å². The van der Waals surface area contributed by atoms with Crippen molar-refractivity contribution < 1.29 is 0 Å². The Morgan fingerprint density at radius 2 is 2.29 bits per heavy atom. The third-order valence-corrected chi connectivity index (χ3v) is 3.73. The number of aryl methyl sites for hydroxylation is 1. The van der Waals surface area contributed by atoms with E-state index in [1.807, 2.05) is 12.3 Å². The van der Waals surface area contributed by atoms with Gasteiger partial charge in [0.2, 0.25) is 0 Å².